The second-order valence-corrected chi connectivity index (χ2v) is 2.95. The van der Waals surface area contributed by atoms with Crippen LogP contribution in [0.4, 0.5) is 0 Å². The molecular formula is C8H6S2. The van der Waals surface area contributed by atoms with Gasteiger partial charge in [0, 0.05) is 10.8 Å². The van der Waals surface area contributed by atoms with Crippen molar-refractivity contribution in [2.45, 2.75) is 0 Å². The van der Waals surface area contributed by atoms with E-state index in [1.54, 1.807) is 22.7 Å². The molecule has 0 atom stereocenters. The summed E-state index contributed by atoms with van der Waals surface area (Å²) in [6.45, 7) is 0. The first-order valence-corrected chi connectivity index (χ1v) is 4.55. The lowest BCUT2D eigenvalue weighted by Crippen LogP contribution is -1.17. The van der Waals surface area contributed by atoms with Crippen LogP contribution in [0.15, 0.2) is 35.0 Å². The summed E-state index contributed by atoms with van der Waals surface area (Å²) in [5, 5.41) is 9.78. The van der Waals surface area contributed by atoms with Gasteiger partial charge in [0.2, 0.25) is 0 Å². The molecule has 0 N–H and O–H groups in total. The maximum Gasteiger partial charge on any atom is 0.0442 e. The van der Waals surface area contributed by atoms with Crippen LogP contribution in [0.5, 0.6) is 0 Å². The van der Waals surface area contributed by atoms with E-state index in [1.165, 1.54) is 0 Å². The highest BCUT2D eigenvalue weighted by atomic mass is 32.1. The van der Waals surface area contributed by atoms with E-state index in [1.807, 2.05) is 35.0 Å². The maximum absolute atomic E-state index is 2.90. The molecule has 2 radical (unpaired) electrons. The van der Waals surface area contributed by atoms with E-state index < -0.39 is 0 Å². The van der Waals surface area contributed by atoms with Crippen LogP contribution in [-0.4, -0.2) is 0 Å². The molecule has 0 aliphatic heterocycles. The highest BCUT2D eigenvalue weighted by Crippen LogP contribution is 1.90. The Hall–Kier alpha value is -0.600. The molecule has 0 aliphatic carbocycles. The third kappa shape index (κ3) is 3.43. The Morgan fingerprint density at radius 1 is 0.800 bits per heavy atom. The maximum atomic E-state index is 2.90. The van der Waals surface area contributed by atoms with E-state index in [0.29, 0.717) is 0 Å². The van der Waals surface area contributed by atoms with Crippen LogP contribution in [0.25, 0.3) is 0 Å². The third-order valence-electron chi connectivity index (χ3n) is 0.758. The zero-order valence-electron chi connectivity index (χ0n) is 5.28. The molecule has 0 spiro atoms. The summed E-state index contributed by atoms with van der Waals surface area (Å²) in [5.74, 6) is 0. The van der Waals surface area contributed by atoms with E-state index in [4.69, 9.17) is 0 Å². The molecule has 2 aromatic heterocycles. The Morgan fingerprint density at radius 3 is 1.40 bits per heavy atom. The second kappa shape index (κ2) is 5.21. The van der Waals surface area contributed by atoms with Crippen LogP contribution >= 0.6 is 22.7 Å². The monoisotopic (exact) mass is 166 g/mol. The van der Waals surface area contributed by atoms with E-state index in [0.717, 1.165) is 0 Å². The second-order valence-electron chi connectivity index (χ2n) is 1.46. The Labute approximate surface area is 68.8 Å². The van der Waals surface area contributed by atoms with Crippen LogP contribution in [0.2, 0.25) is 0 Å². The highest BCUT2D eigenvalue weighted by molar-refractivity contribution is 7.07. The lowest BCUT2D eigenvalue weighted by atomic mass is 10.7. The Kier molecular flexibility index (Phi) is 3.91. The van der Waals surface area contributed by atoms with Gasteiger partial charge in [-0.2, -0.15) is 0 Å². The molecule has 0 bridgehead atoms. The molecule has 10 heavy (non-hydrogen) atoms. The van der Waals surface area contributed by atoms with E-state index >= 15 is 0 Å². The molecule has 0 saturated heterocycles. The van der Waals surface area contributed by atoms with Gasteiger partial charge in [-0.1, -0.05) is 12.1 Å². The zero-order valence-corrected chi connectivity index (χ0v) is 6.91. The number of thiophene rings is 2. The number of hydrogen-bond acceptors (Lipinski definition) is 2. The average Bonchev–Trinajstić information content (AvgIpc) is 2.67. The number of rotatable bonds is 0. The van der Waals surface area contributed by atoms with Gasteiger partial charge in [0.1, 0.15) is 0 Å². The molecular weight excluding hydrogens is 160 g/mol. The highest BCUT2D eigenvalue weighted by Gasteiger charge is 1.60. The minimum absolute atomic E-state index is 1.59. The summed E-state index contributed by atoms with van der Waals surface area (Å²) in [6, 6.07) is 7.71. The van der Waals surface area contributed by atoms with Gasteiger partial charge in [-0.15, -0.1) is 22.7 Å². The molecule has 0 amide bonds. The summed E-state index contributed by atoms with van der Waals surface area (Å²) in [5.41, 5.74) is 0. The van der Waals surface area contributed by atoms with Gasteiger partial charge in [-0.05, 0) is 22.9 Å². The molecule has 0 saturated carbocycles. The first-order valence-electron chi connectivity index (χ1n) is 2.79. The molecule has 2 heteroatoms. The van der Waals surface area contributed by atoms with Gasteiger partial charge in [-0.25, -0.2) is 0 Å². The minimum Gasteiger partial charge on any atom is -0.143 e. The van der Waals surface area contributed by atoms with Crippen molar-refractivity contribution >= 4 is 22.7 Å². The molecule has 0 nitrogen and oxygen atoms in total. The van der Waals surface area contributed by atoms with Crippen LogP contribution in [0.1, 0.15) is 0 Å². The van der Waals surface area contributed by atoms with Crippen LogP contribution in [0.3, 0.4) is 0 Å². The van der Waals surface area contributed by atoms with Crippen molar-refractivity contribution in [3.8, 4) is 0 Å². The zero-order chi connectivity index (χ0) is 7.07. The fourth-order valence-corrected chi connectivity index (χ4v) is 1.18. The summed E-state index contributed by atoms with van der Waals surface area (Å²) in [6.07, 6.45) is 0. The molecule has 0 aliphatic rings. The van der Waals surface area contributed by atoms with Crippen LogP contribution in [-0.2, 0) is 0 Å². The topological polar surface area (TPSA) is 0 Å². The van der Waals surface area contributed by atoms with Gasteiger partial charge in [0.15, 0.2) is 0 Å². The predicted molar refractivity (Wildman–Crippen MR) is 46.3 cm³/mol. The third-order valence-corrected chi connectivity index (χ3v) is 1.89. The normalized spacial score (nSPS) is 8.00. The lowest BCUT2D eigenvalue weighted by molar-refractivity contribution is 2.01. The van der Waals surface area contributed by atoms with Crippen molar-refractivity contribution < 1.29 is 0 Å². The fourth-order valence-electron chi connectivity index (χ4n) is 0.393. The summed E-state index contributed by atoms with van der Waals surface area (Å²) in [7, 11) is 0. The smallest absolute Gasteiger partial charge is 0.0442 e. The molecule has 2 rings (SSSR count). The van der Waals surface area contributed by atoms with Crippen LogP contribution < -0.4 is 0 Å². The summed E-state index contributed by atoms with van der Waals surface area (Å²) in [4.78, 5) is 0. The van der Waals surface area contributed by atoms with Crippen molar-refractivity contribution in [3.05, 3.63) is 45.8 Å². The summed E-state index contributed by atoms with van der Waals surface area (Å²) < 4.78 is 0. The minimum atomic E-state index is 1.59. The molecule has 2 aromatic rings. The largest absolute Gasteiger partial charge is 0.143 e. The molecule has 2 heterocycles. The van der Waals surface area contributed by atoms with Crippen molar-refractivity contribution in [1.29, 1.82) is 0 Å². The lowest BCUT2D eigenvalue weighted by Gasteiger charge is -1.38. The first kappa shape index (κ1) is 7.51. The Balaban J connectivity index is 0.0000001000. The SMILES string of the molecule is [c]1cccs1.[c]1cccs1. The van der Waals surface area contributed by atoms with Crippen molar-refractivity contribution in [1.82, 2.24) is 0 Å². The van der Waals surface area contributed by atoms with E-state index in [9.17, 15) is 0 Å². The molecule has 50 valence electrons. The Bertz CT molecular complexity index is 146. The standard InChI is InChI=1S/2C4H3S/c2*1-2-4-5-3-1/h2*1-3H. The summed E-state index contributed by atoms with van der Waals surface area (Å²) >= 11 is 3.18. The van der Waals surface area contributed by atoms with Crippen molar-refractivity contribution in [2.24, 2.45) is 0 Å². The van der Waals surface area contributed by atoms with Gasteiger partial charge in [-0.3, -0.25) is 0 Å². The van der Waals surface area contributed by atoms with Crippen molar-refractivity contribution in [3.63, 3.8) is 0 Å². The molecule has 0 unspecified atom stereocenters. The van der Waals surface area contributed by atoms with E-state index in [-0.39, 0.29) is 0 Å². The molecule has 0 aromatic carbocycles. The van der Waals surface area contributed by atoms with Gasteiger partial charge in [0.05, 0.1) is 0 Å². The number of hydrogen-bond donors (Lipinski definition) is 0. The van der Waals surface area contributed by atoms with Gasteiger partial charge < -0.3 is 0 Å². The molecule has 0 fully saturated rings. The van der Waals surface area contributed by atoms with Gasteiger partial charge in [0.25, 0.3) is 0 Å². The van der Waals surface area contributed by atoms with Crippen molar-refractivity contribution in [2.75, 3.05) is 0 Å². The van der Waals surface area contributed by atoms with Gasteiger partial charge >= 0.3 is 0 Å². The van der Waals surface area contributed by atoms with Crippen LogP contribution in [0, 0.1) is 10.8 Å². The first-order chi connectivity index (χ1) is 5.00. The fraction of sp³-hybridized carbons (Fsp3) is 0. The quantitative estimate of drug-likeness (QED) is 0.564. The average molecular weight is 166 g/mol. The Morgan fingerprint density at radius 2 is 1.30 bits per heavy atom. The predicted octanol–water partition coefficient (Wildman–Crippen LogP) is 3.10. The van der Waals surface area contributed by atoms with E-state index in [2.05, 4.69) is 10.8 Å².